The summed E-state index contributed by atoms with van der Waals surface area (Å²) < 4.78 is 10.2. The Morgan fingerprint density at radius 3 is 2.04 bits per heavy atom. The Morgan fingerprint density at radius 1 is 0.960 bits per heavy atom. The minimum atomic E-state index is -2.37. The molecule has 0 saturated heterocycles. The van der Waals surface area contributed by atoms with Crippen molar-refractivity contribution in [3.05, 3.63) is 59.2 Å². The van der Waals surface area contributed by atoms with Gasteiger partial charge in [-0.05, 0) is 18.2 Å². The van der Waals surface area contributed by atoms with E-state index in [1.807, 2.05) is 0 Å². The van der Waals surface area contributed by atoms with Gasteiger partial charge in [-0.2, -0.15) is 0 Å². The molecule has 2 aromatic carbocycles. The second-order valence-electron chi connectivity index (χ2n) is 5.73. The molecule has 0 fully saturated rings. The van der Waals surface area contributed by atoms with Crippen LogP contribution in [0.3, 0.4) is 0 Å². The maximum Gasteiger partial charge on any atom is 0.203 e. The second kappa shape index (κ2) is 6.14. The van der Waals surface area contributed by atoms with Crippen molar-refractivity contribution < 1.29 is 29.0 Å². The molecule has 6 nitrogen and oxygen atoms in total. The summed E-state index contributed by atoms with van der Waals surface area (Å²) in [6.07, 6.45) is -0.630. The van der Waals surface area contributed by atoms with Crippen LogP contribution in [-0.2, 0) is 0 Å². The molecule has 2 aromatic rings. The van der Waals surface area contributed by atoms with E-state index < -0.39 is 29.4 Å². The first-order valence-electron chi connectivity index (χ1n) is 7.58. The number of ether oxygens (including phenoxy) is 2. The number of methoxy groups -OCH3 is 2. The first-order chi connectivity index (χ1) is 11.9. The van der Waals surface area contributed by atoms with Gasteiger partial charge in [0.2, 0.25) is 11.6 Å². The number of Topliss-reactive ketones (excluding diaryl/α,β-unsaturated/α-hetero) is 3. The van der Waals surface area contributed by atoms with Crippen LogP contribution in [-0.4, -0.2) is 42.3 Å². The third kappa shape index (κ3) is 2.60. The average molecular weight is 340 g/mol. The van der Waals surface area contributed by atoms with Crippen molar-refractivity contribution in [2.45, 2.75) is 12.0 Å². The minimum absolute atomic E-state index is 0.134. The van der Waals surface area contributed by atoms with E-state index in [4.69, 9.17) is 9.47 Å². The minimum Gasteiger partial charge on any atom is -0.493 e. The maximum absolute atomic E-state index is 12.6. The number of carbonyl (C=O) groups excluding carboxylic acids is 3. The molecular formula is C19H16O6. The van der Waals surface area contributed by atoms with Gasteiger partial charge in [-0.15, -0.1) is 0 Å². The molecule has 0 aromatic heterocycles. The fourth-order valence-corrected chi connectivity index (χ4v) is 2.93. The van der Waals surface area contributed by atoms with Gasteiger partial charge in [0.1, 0.15) is 0 Å². The molecule has 25 heavy (non-hydrogen) atoms. The Hall–Kier alpha value is -2.99. The van der Waals surface area contributed by atoms with Gasteiger partial charge in [0.05, 0.1) is 20.6 Å². The van der Waals surface area contributed by atoms with Crippen LogP contribution in [0.1, 0.15) is 37.5 Å². The third-order valence-corrected chi connectivity index (χ3v) is 4.29. The normalized spacial score (nSPS) is 15.0. The molecule has 0 bridgehead atoms. The highest BCUT2D eigenvalue weighted by molar-refractivity contribution is 6.33. The van der Waals surface area contributed by atoms with Crippen LogP contribution in [0, 0.1) is 0 Å². The second-order valence-corrected chi connectivity index (χ2v) is 5.73. The van der Waals surface area contributed by atoms with E-state index in [0.29, 0.717) is 11.5 Å². The number of hydrogen-bond donors (Lipinski definition) is 1. The molecule has 0 radical (unpaired) electrons. The standard InChI is InChI=1S/C19H16O6/c1-24-15-8-7-11(9-16(15)25-2)14(20)10-19(23)17(21)12-5-3-4-6-13(12)18(19)22/h3-9,23H,10H2,1-2H3. The zero-order valence-corrected chi connectivity index (χ0v) is 13.7. The van der Waals surface area contributed by atoms with Crippen LogP contribution >= 0.6 is 0 Å². The van der Waals surface area contributed by atoms with Gasteiger partial charge in [0.15, 0.2) is 22.9 Å². The lowest BCUT2D eigenvalue weighted by Gasteiger charge is -2.18. The predicted molar refractivity (Wildman–Crippen MR) is 88.5 cm³/mol. The van der Waals surface area contributed by atoms with Crippen LogP contribution in [0.25, 0.3) is 0 Å². The molecular weight excluding hydrogens is 324 g/mol. The number of benzene rings is 2. The van der Waals surface area contributed by atoms with Crippen LogP contribution in [0.4, 0.5) is 0 Å². The van der Waals surface area contributed by atoms with Crippen LogP contribution in [0.15, 0.2) is 42.5 Å². The summed E-state index contributed by atoms with van der Waals surface area (Å²) in [5.41, 5.74) is -1.89. The SMILES string of the molecule is COc1ccc(C(=O)CC2(O)C(=O)c3ccccc3C2=O)cc1OC. The summed E-state index contributed by atoms with van der Waals surface area (Å²) >= 11 is 0. The number of fused-ring (bicyclic) bond motifs is 1. The molecule has 1 aliphatic carbocycles. The number of carbonyl (C=O) groups is 3. The zero-order valence-electron chi connectivity index (χ0n) is 13.7. The van der Waals surface area contributed by atoms with E-state index in [-0.39, 0.29) is 16.7 Å². The molecule has 0 aliphatic heterocycles. The smallest absolute Gasteiger partial charge is 0.203 e. The Bertz CT molecular complexity index is 848. The van der Waals surface area contributed by atoms with Crippen molar-refractivity contribution in [3.63, 3.8) is 0 Å². The lowest BCUT2D eigenvalue weighted by atomic mass is 9.89. The molecule has 6 heteroatoms. The fraction of sp³-hybridized carbons (Fsp3) is 0.211. The molecule has 3 rings (SSSR count). The molecule has 128 valence electrons. The topological polar surface area (TPSA) is 89.9 Å². The van der Waals surface area contributed by atoms with E-state index in [1.165, 1.54) is 38.5 Å². The monoisotopic (exact) mass is 340 g/mol. The average Bonchev–Trinajstić information content (AvgIpc) is 2.83. The predicted octanol–water partition coefficient (Wildman–Crippen LogP) is 2.09. The van der Waals surface area contributed by atoms with Crippen molar-refractivity contribution in [3.8, 4) is 11.5 Å². The lowest BCUT2D eigenvalue weighted by Crippen LogP contribution is -2.43. The molecule has 0 saturated carbocycles. The van der Waals surface area contributed by atoms with Gasteiger partial charge in [0.25, 0.3) is 0 Å². The highest BCUT2D eigenvalue weighted by atomic mass is 16.5. The molecule has 0 amide bonds. The third-order valence-electron chi connectivity index (χ3n) is 4.29. The first kappa shape index (κ1) is 16.9. The summed E-state index contributed by atoms with van der Waals surface area (Å²) in [6.45, 7) is 0. The van der Waals surface area contributed by atoms with Gasteiger partial charge in [-0.3, -0.25) is 14.4 Å². The summed E-state index contributed by atoms with van der Waals surface area (Å²) in [7, 11) is 2.90. The van der Waals surface area contributed by atoms with Crippen LogP contribution in [0.5, 0.6) is 11.5 Å². The molecule has 1 N–H and O–H groups in total. The summed E-state index contributed by atoms with van der Waals surface area (Å²) in [5, 5.41) is 10.6. The van der Waals surface area contributed by atoms with E-state index in [2.05, 4.69) is 0 Å². The Morgan fingerprint density at radius 2 is 1.52 bits per heavy atom. The van der Waals surface area contributed by atoms with Gasteiger partial charge in [-0.25, -0.2) is 0 Å². The number of hydrogen-bond acceptors (Lipinski definition) is 6. The number of ketones is 3. The Labute approximate surface area is 144 Å². The maximum atomic E-state index is 12.6. The molecule has 0 atom stereocenters. The highest BCUT2D eigenvalue weighted by Crippen LogP contribution is 2.34. The largest absolute Gasteiger partial charge is 0.493 e. The zero-order chi connectivity index (χ0) is 18.2. The van der Waals surface area contributed by atoms with E-state index in [1.54, 1.807) is 18.2 Å². The van der Waals surface area contributed by atoms with Crippen molar-refractivity contribution in [1.29, 1.82) is 0 Å². The molecule has 0 unspecified atom stereocenters. The summed E-state index contributed by atoms with van der Waals surface area (Å²) in [4.78, 5) is 37.5. The van der Waals surface area contributed by atoms with Gasteiger partial charge < -0.3 is 14.6 Å². The van der Waals surface area contributed by atoms with E-state index in [9.17, 15) is 19.5 Å². The van der Waals surface area contributed by atoms with E-state index >= 15 is 0 Å². The van der Waals surface area contributed by atoms with Crippen LogP contribution < -0.4 is 9.47 Å². The molecule has 0 heterocycles. The fourth-order valence-electron chi connectivity index (χ4n) is 2.93. The van der Waals surface area contributed by atoms with Crippen molar-refractivity contribution in [2.24, 2.45) is 0 Å². The van der Waals surface area contributed by atoms with Gasteiger partial charge in [-0.1, -0.05) is 24.3 Å². The number of aliphatic hydroxyl groups is 1. The van der Waals surface area contributed by atoms with Crippen molar-refractivity contribution in [1.82, 2.24) is 0 Å². The summed E-state index contributed by atoms with van der Waals surface area (Å²) in [6, 6.07) is 10.6. The lowest BCUT2D eigenvalue weighted by molar-refractivity contribution is 0.0295. The first-order valence-corrected chi connectivity index (χ1v) is 7.58. The quantitative estimate of drug-likeness (QED) is 0.662. The number of rotatable bonds is 5. The Kier molecular flexibility index (Phi) is 4.14. The van der Waals surface area contributed by atoms with Crippen molar-refractivity contribution in [2.75, 3.05) is 14.2 Å². The Balaban J connectivity index is 1.91. The molecule has 0 spiro atoms. The van der Waals surface area contributed by atoms with Gasteiger partial charge in [0, 0.05) is 16.7 Å². The summed E-state index contributed by atoms with van der Waals surface area (Å²) in [5.74, 6) is -1.26. The van der Waals surface area contributed by atoms with E-state index in [0.717, 1.165) is 0 Å². The van der Waals surface area contributed by atoms with Crippen LogP contribution in [0.2, 0.25) is 0 Å². The van der Waals surface area contributed by atoms with Crippen molar-refractivity contribution >= 4 is 17.3 Å². The molecule has 1 aliphatic rings. The highest BCUT2D eigenvalue weighted by Gasteiger charge is 2.52. The van der Waals surface area contributed by atoms with Gasteiger partial charge >= 0.3 is 0 Å².